The fraction of sp³-hybridized carbons (Fsp3) is 0.154. The lowest BCUT2D eigenvalue weighted by Crippen LogP contribution is -2.06. The van der Waals surface area contributed by atoms with E-state index in [9.17, 15) is 10.1 Å². The fourth-order valence-electron chi connectivity index (χ4n) is 1.59. The zero-order valence-electron chi connectivity index (χ0n) is 10.9. The van der Waals surface area contributed by atoms with Crippen LogP contribution >= 0.6 is 23.2 Å². The average Bonchev–Trinajstić information content (AvgIpc) is 2.43. The molecule has 2 aromatic rings. The number of nitro groups is 1. The maximum absolute atomic E-state index is 10.7. The molecule has 0 aliphatic carbocycles. The predicted molar refractivity (Wildman–Crippen MR) is 80.0 cm³/mol. The van der Waals surface area contributed by atoms with Crippen LogP contribution in [0.5, 0.6) is 11.5 Å². The molecule has 8 heteroatoms. The number of aromatic nitrogens is 1. The first-order valence-corrected chi connectivity index (χ1v) is 6.67. The van der Waals surface area contributed by atoms with E-state index >= 15 is 0 Å². The van der Waals surface area contributed by atoms with E-state index in [1.54, 1.807) is 12.1 Å². The highest BCUT2D eigenvalue weighted by Gasteiger charge is 2.16. The molecular formula is C13H11Cl2N3O3. The number of nitrogens with zero attached hydrogens (tertiary/aromatic N) is 2. The summed E-state index contributed by atoms with van der Waals surface area (Å²) in [7, 11) is 0. The number of nitro benzene ring substituents is 1. The van der Waals surface area contributed by atoms with E-state index in [0.717, 1.165) is 0 Å². The topological polar surface area (TPSA) is 91.3 Å². The summed E-state index contributed by atoms with van der Waals surface area (Å²) in [5, 5.41) is 10.8. The Kier molecular flexibility index (Phi) is 4.62. The Labute approximate surface area is 130 Å². The number of pyridine rings is 1. The third-order valence-corrected chi connectivity index (χ3v) is 3.20. The van der Waals surface area contributed by atoms with E-state index in [4.69, 9.17) is 33.7 Å². The van der Waals surface area contributed by atoms with Crippen LogP contribution in [0.25, 0.3) is 0 Å². The summed E-state index contributed by atoms with van der Waals surface area (Å²) >= 11 is 11.9. The van der Waals surface area contributed by atoms with Crippen LogP contribution in [0.1, 0.15) is 18.7 Å². The second-order valence-corrected chi connectivity index (χ2v) is 5.12. The second kappa shape index (κ2) is 6.26. The van der Waals surface area contributed by atoms with Crippen molar-refractivity contribution < 1.29 is 9.66 Å². The molecule has 0 saturated heterocycles. The summed E-state index contributed by atoms with van der Waals surface area (Å²) in [6, 6.07) is 5.54. The summed E-state index contributed by atoms with van der Waals surface area (Å²) in [5.74, 6) is 0.538. The number of rotatable bonds is 4. The van der Waals surface area contributed by atoms with Crippen molar-refractivity contribution in [3.05, 3.63) is 56.3 Å². The van der Waals surface area contributed by atoms with Gasteiger partial charge in [0, 0.05) is 18.2 Å². The minimum Gasteiger partial charge on any atom is -0.453 e. The SMILES string of the molecule is C[C@H](N)c1ccc(Oc2c(Cl)cc([N+](=O)[O-])cc2Cl)cn1. The standard InChI is InChI=1S/C13H11Cl2N3O3/c1-7(16)12-3-2-9(6-17-12)21-13-10(14)4-8(18(19)20)5-11(13)15/h2-7H,16H2,1H3/t7-/m0/s1. The molecule has 0 aliphatic heterocycles. The van der Waals surface area contributed by atoms with Gasteiger partial charge in [-0.25, -0.2) is 0 Å². The van der Waals surface area contributed by atoms with E-state index < -0.39 is 4.92 Å². The van der Waals surface area contributed by atoms with E-state index in [1.165, 1.54) is 18.3 Å². The van der Waals surface area contributed by atoms with Gasteiger partial charge in [-0.2, -0.15) is 0 Å². The minimum absolute atomic E-state index is 0.0467. The van der Waals surface area contributed by atoms with Crippen molar-refractivity contribution in [2.45, 2.75) is 13.0 Å². The van der Waals surface area contributed by atoms with E-state index in [-0.39, 0.29) is 27.5 Å². The maximum Gasteiger partial charge on any atom is 0.272 e. The average molecular weight is 328 g/mol. The van der Waals surface area contributed by atoms with Crippen molar-refractivity contribution in [3.8, 4) is 11.5 Å². The molecule has 6 nitrogen and oxygen atoms in total. The molecule has 2 rings (SSSR count). The second-order valence-electron chi connectivity index (χ2n) is 4.31. The number of nitrogens with two attached hydrogens (primary N) is 1. The molecule has 0 bridgehead atoms. The van der Waals surface area contributed by atoms with Crippen LogP contribution in [0.2, 0.25) is 10.0 Å². The molecule has 1 aromatic carbocycles. The normalized spacial score (nSPS) is 12.0. The van der Waals surface area contributed by atoms with Crippen LogP contribution in [0.4, 0.5) is 5.69 Å². The first-order valence-electron chi connectivity index (χ1n) is 5.91. The first kappa shape index (κ1) is 15.5. The number of non-ortho nitro benzene ring substituents is 1. The molecule has 1 atom stereocenters. The van der Waals surface area contributed by atoms with Crippen molar-refractivity contribution in [2.24, 2.45) is 5.73 Å². The van der Waals surface area contributed by atoms with Crippen LogP contribution in [0, 0.1) is 10.1 Å². The van der Waals surface area contributed by atoms with Crippen LogP contribution in [0.15, 0.2) is 30.5 Å². The summed E-state index contributed by atoms with van der Waals surface area (Å²) < 4.78 is 5.52. The summed E-state index contributed by atoms with van der Waals surface area (Å²) in [6.07, 6.45) is 1.48. The van der Waals surface area contributed by atoms with Crippen molar-refractivity contribution in [1.29, 1.82) is 0 Å². The zero-order chi connectivity index (χ0) is 15.6. The van der Waals surface area contributed by atoms with Gasteiger partial charge in [-0.3, -0.25) is 15.1 Å². The summed E-state index contributed by atoms with van der Waals surface area (Å²) in [4.78, 5) is 14.3. The Balaban J connectivity index is 2.29. The lowest BCUT2D eigenvalue weighted by Gasteiger charge is -2.10. The smallest absolute Gasteiger partial charge is 0.272 e. The molecule has 1 heterocycles. The molecule has 2 N–H and O–H groups in total. The highest BCUT2D eigenvalue weighted by atomic mass is 35.5. The number of benzene rings is 1. The van der Waals surface area contributed by atoms with E-state index in [1.807, 2.05) is 6.92 Å². The van der Waals surface area contributed by atoms with Crippen molar-refractivity contribution in [1.82, 2.24) is 4.98 Å². The lowest BCUT2D eigenvalue weighted by molar-refractivity contribution is -0.384. The van der Waals surface area contributed by atoms with Gasteiger partial charge in [0.25, 0.3) is 5.69 Å². The molecule has 1 aromatic heterocycles. The van der Waals surface area contributed by atoms with Gasteiger partial charge in [0.1, 0.15) is 5.75 Å². The maximum atomic E-state index is 10.7. The van der Waals surface area contributed by atoms with Crippen molar-refractivity contribution >= 4 is 28.9 Å². The van der Waals surface area contributed by atoms with Gasteiger partial charge < -0.3 is 10.5 Å². The van der Waals surface area contributed by atoms with Crippen LogP contribution in [-0.4, -0.2) is 9.91 Å². The van der Waals surface area contributed by atoms with Gasteiger partial charge in [-0.05, 0) is 19.1 Å². The number of halogens is 2. The monoisotopic (exact) mass is 327 g/mol. The Hall–Kier alpha value is -1.89. The molecule has 110 valence electrons. The van der Waals surface area contributed by atoms with Crippen molar-refractivity contribution in [2.75, 3.05) is 0 Å². The first-order chi connectivity index (χ1) is 9.88. The van der Waals surface area contributed by atoms with Gasteiger partial charge in [0.15, 0.2) is 5.75 Å². The largest absolute Gasteiger partial charge is 0.453 e. The number of hydrogen-bond acceptors (Lipinski definition) is 5. The highest BCUT2D eigenvalue weighted by Crippen LogP contribution is 2.39. The Morgan fingerprint density at radius 3 is 2.38 bits per heavy atom. The zero-order valence-corrected chi connectivity index (χ0v) is 12.4. The minimum atomic E-state index is -0.583. The molecule has 0 spiro atoms. The van der Waals surface area contributed by atoms with Crippen LogP contribution in [0.3, 0.4) is 0 Å². The number of ether oxygens (including phenoxy) is 1. The van der Waals surface area contributed by atoms with Crippen LogP contribution in [-0.2, 0) is 0 Å². The van der Waals surface area contributed by atoms with Crippen molar-refractivity contribution in [3.63, 3.8) is 0 Å². The molecule has 0 radical (unpaired) electrons. The molecule has 0 amide bonds. The van der Waals surface area contributed by atoms with E-state index in [0.29, 0.717) is 11.4 Å². The summed E-state index contributed by atoms with van der Waals surface area (Å²) in [6.45, 7) is 1.81. The Morgan fingerprint density at radius 2 is 1.95 bits per heavy atom. The molecule has 0 saturated carbocycles. The third-order valence-electron chi connectivity index (χ3n) is 2.64. The molecule has 0 unspecified atom stereocenters. The third kappa shape index (κ3) is 3.60. The van der Waals surface area contributed by atoms with Gasteiger partial charge >= 0.3 is 0 Å². The summed E-state index contributed by atoms with van der Waals surface area (Å²) in [5.41, 5.74) is 6.21. The van der Waals surface area contributed by atoms with Gasteiger partial charge in [-0.1, -0.05) is 23.2 Å². The quantitative estimate of drug-likeness (QED) is 0.673. The number of hydrogen-bond donors (Lipinski definition) is 1. The highest BCUT2D eigenvalue weighted by molar-refractivity contribution is 6.37. The molecule has 0 fully saturated rings. The predicted octanol–water partition coefficient (Wildman–Crippen LogP) is 4.11. The Morgan fingerprint density at radius 1 is 1.33 bits per heavy atom. The fourth-order valence-corrected chi connectivity index (χ4v) is 2.14. The van der Waals surface area contributed by atoms with E-state index in [2.05, 4.69) is 4.98 Å². The van der Waals surface area contributed by atoms with Gasteiger partial charge in [0.05, 0.1) is 26.9 Å². The van der Waals surface area contributed by atoms with Crippen LogP contribution < -0.4 is 10.5 Å². The molecular weight excluding hydrogens is 317 g/mol. The van der Waals surface area contributed by atoms with Gasteiger partial charge in [0.2, 0.25) is 0 Å². The molecule has 21 heavy (non-hydrogen) atoms. The Bertz CT molecular complexity index is 652. The van der Waals surface area contributed by atoms with Gasteiger partial charge in [-0.15, -0.1) is 0 Å². The molecule has 0 aliphatic rings. The lowest BCUT2D eigenvalue weighted by atomic mass is 10.2.